The molecule has 0 aliphatic heterocycles. The van der Waals surface area contributed by atoms with E-state index in [1.165, 1.54) is 5.56 Å². The molecule has 0 saturated heterocycles. The predicted molar refractivity (Wildman–Crippen MR) is 102 cm³/mol. The third-order valence-corrected chi connectivity index (χ3v) is 4.76. The third-order valence-electron chi connectivity index (χ3n) is 3.88. The smallest absolute Gasteiger partial charge is 0.395 e. The highest BCUT2D eigenvalue weighted by Crippen LogP contribution is 2.44. The van der Waals surface area contributed by atoms with E-state index in [1.54, 1.807) is 42.5 Å². The van der Waals surface area contributed by atoms with Crippen molar-refractivity contribution in [2.45, 2.75) is 19.3 Å². The lowest BCUT2D eigenvalue weighted by Gasteiger charge is -2.14. The summed E-state index contributed by atoms with van der Waals surface area (Å²) in [5.74, 6) is 0.592. The van der Waals surface area contributed by atoms with E-state index in [-0.39, 0.29) is 5.75 Å². The van der Waals surface area contributed by atoms with E-state index in [2.05, 4.69) is 12.1 Å². The van der Waals surface area contributed by atoms with Crippen LogP contribution in [0.5, 0.6) is 11.5 Å². The van der Waals surface area contributed by atoms with Crippen LogP contribution in [0.25, 0.3) is 0 Å². The highest BCUT2D eigenvalue weighted by Gasteiger charge is 2.24. The van der Waals surface area contributed by atoms with Crippen LogP contribution in [0.2, 0.25) is 0 Å². The average Bonchev–Trinajstić information content (AvgIpc) is 2.64. The zero-order valence-electron chi connectivity index (χ0n) is 14.3. The maximum absolute atomic E-state index is 12.1. The van der Waals surface area contributed by atoms with Crippen molar-refractivity contribution in [2.75, 3.05) is 0 Å². The fraction of sp³-hybridized carbons (Fsp3) is 0.143. The van der Waals surface area contributed by atoms with Gasteiger partial charge < -0.3 is 9.05 Å². The standard InChI is InChI=1S/C21H21O4P/c22-26(23,24-20-12-5-2-6-13-20)25-21-16-14-19(15-17-21)11-7-10-18-8-3-1-4-9-18/h1-6,8-9,12-17H,7,10-11H2,(H,22,23). The number of phosphoric acid groups is 1. The van der Waals surface area contributed by atoms with E-state index in [4.69, 9.17) is 9.05 Å². The van der Waals surface area contributed by atoms with Crippen LogP contribution in [0.15, 0.2) is 84.9 Å². The van der Waals surface area contributed by atoms with Gasteiger partial charge in [-0.25, -0.2) is 4.57 Å². The summed E-state index contributed by atoms with van der Waals surface area (Å²) < 4.78 is 22.2. The van der Waals surface area contributed by atoms with Crippen LogP contribution in [0.1, 0.15) is 17.5 Å². The molecule has 1 unspecified atom stereocenters. The molecule has 0 heterocycles. The van der Waals surface area contributed by atoms with Crippen LogP contribution in [-0.2, 0) is 17.4 Å². The van der Waals surface area contributed by atoms with Crippen LogP contribution in [0, 0.1) is 0 Å². The monoisotopic (exact) mass is 368 g/mol. The summed E-state index contributed by atoms with van der Waals surface area (Å²) in [6.45, 7) is 0. The van der Waals surface area contributed by atoms with Gasteiger partial charge >= 0.3 is 7.82 Å². The Kier molecular flexibility index (Phi) is 6.11. The van der Waals surface area contributed by atoms with Crippen molar-refractivity contribution in [3.63, 3.8) is 0 Å². The minimum absolute atomic E-state index is 0.288. The first-order valence-corrected chi connectivity index (χ1v) is 10.0. The van der Waals surface area contributed by atoms with Crippen molar-refractivity contribution >= 4 is 7.82 Å². The van der Waals surface area contributed by atoms with E-state index in [0.717, 1.165) is 24.8 Å². The third kappa shape index (κ3) is 5.76. The quantitative estimate of drug-likeness (QED) is 0.540. The molecule has 0 aromatic heterocycles. The number of benzene rings is 3. The Morgan fingerprint density at radius 1 is 0.654 bits per heavy atom. The molecule has 0 saturated carbocycles. The summed E-state index contributed by atoms with van der Waals surface area (Å²) in [5.41, 5.74) is 2.48. The van der Waals surface area contributed by atoms with Crippen LogP contribution >= 0.6 is 7.82 Å². The van der Waals surface area contributed by atoms with E-state index < -0.39 is 7.82 Å². The topological polar surface area (TPSA) is 55.8 Å². The maximum Gasteiger partial charge on any atom is 0.584 e. The molecular formula is C21H21O4P. The van der Waals surface area contributed by atoms with Crippen molar-refractivity contribution in [3.05, 3.63) is 96.1 Å². The van der Waals surface area contributed by atoms with Crippen LogP contribution in [0.3, 0.4) is 0 Å². The van der Waals surface area contributed by atoms with Crippen LogP contribution in [-0.4, -0.2) is 4.89 Å². The zero-order chi connectivity index (χ0) is 18.2. The number of para-hydroxylation sites is 1. The van der Waals surface area contributed by atoms with Gasteiger partial charge in [0.2, 0.25) is 0 Å². The highest BCUT2D eigenvalue weighted by atomic mass is 31.2. The van der Waals surface area contributed by atoms with Gasteiger partial charge in [0.25, 0.3) is 0 Å². The van der Waals surface area contributed by atoms with Crippen molar-refractivity contribution in [2.24, 2.45) is 0 Å². The molecule has 0 aliphatic rings. The number of hydrogen-bond acceptors (Lipinski definition) is 3. The maximum atomic E-state index is 12.1. The Bertz CT molecular complexity index is 848. The Balaban J connectivity index is 1.51. The Hall–Kier alpha value is -2.55. The van der Waals surface area contributed by atoms with Gasteiger partial charge in [-0.1, -0.05) is 60.7 Å². The lowest BCUT2D eigenvalue weighted by atomic mass is 10.0. The number of phosphoric ester groups is 1. The van der Waals surface area contributed by atoms with Crippen molar-refractivity contribution < 1.29 is 18.5 Å². The molecular weight excluding hydrogens is 347 g/mol. The first-order valence-electron chi connectivity index (χ1n) is 8.51. The SMILES string of the molecule is O=P(O)(Oc1ccccc1)Oc1ccc(CCCc2ccccc2)cc1. The fourth-order valence-electron chi connectivity index (χ4n) is 2.62. The van der Waals surface area contributed by atoms with Gasteiger partial charge in [-0.05, 0) is 54.7 Å². The molecule has 0 radical (unpaired) electrons. The van der Waals surface area contributed by atoms with Gasteiger partial charge in [0, 0.05) is 0 Å². The minimum Gasteiger partial charge on any atom is -0.395 e. The second-order valence-electron chi connectivity index (χ2n) is 5.95. The molecule has 4 nitrogen and oxygen atoms in total. The van der Waals surface area contributed by atoms with Crippen molar-refractivity contribution in [1.29, 1.82) is 0 Å². The van der Waals surface area contributed by atoms with Crippen molar-refractivity contribution in [1.82, 2.24) is 0 Å². The number of hydrogen-bond donors (Lipinski definition) is 1. The molecule has 0 aliphatic carbocycles. The van der Waals surface area contributed by atoms with E-state index in [1.807, 2.05) is 30.3 Å². The van der Waals surface area contributed by atoms with Gasteiger partial charge in [-0.15, -0.1) is 0 Å². The molecule has 26 heavy (non-hydrogen) atoms. The largest absolute Gasteiger partial charge is 0.584 e. The molecule has 5 heteroatoms. The normalized spacial score (nSPS) is 13.0. The number of rotatable bonds is 8. The molecule has 0 fully saturated rings. The molecule has 3 aromatic rings. The second kappa shape index (κ2) is 8.70. The lowest BCUT2D eigenvalue weighted by Crippen LogP contribution is -2.00. The molecule has 0 spiro atoms. The molecule has 1 atom stereocenters. The van der Waals surface area contributed by atoms with Gasteiger partial charge in [0.1, 0.15) is 11.5 Å². The molecule has 3 rings (SSSR count). The van der Waals surface area contributed by atoms with Crippen LogP contribution < -0.4 is 9.05 Å². The second-order valence-corrected chi connectivity index (χ2v) is 7.25. The number of aryl methyl sites for hydroxylation is 2. The van der Waals surface area contributed by atoms with Gasteiger partial charge in [0.15, 0.2) is 0 Å². The summed E-state index contributed by atoms with van der Waals surface area (Å²) in [4.78, 5) is 9.87. The van der Waals surface area contributed by atoms with Gasteiger partial charge in [0.05, 0.1) is 0 Å². The van der Waals surface area contributed by atoms with E-state index >= 15 is 0 Å². The molecule has 1 N–H and O–H groups in total. The Morgan fingerprint density at radius 3 is 1.69 bits per heavy atom. The molecule has 0 bridgehead atoms. The Morgan fingerprint density at radius 2 is 1.12 bits per heavy atom. The highest BCUT2D eigenvalue weighted by molar-refractivity contribution is 7.48. The lowest BCUT2D eigenvalue weighted by molar-refractivity contribution is 0.291. The fourth-order valence-corrected chi connectivity index (χ4v) is 3.44. The summed E-state index contributed by atoms with van der Waals surface area (Å²) in [7, 11) is -4.21. The summed E-state index contributed by atoms with van der Waals surface area (Å²) >= 11 is 0. The minimum atomic E-state index is -4.21. The molecule has 134 valence electrons. The van der Waals surface area contributed by atoms with Gasteiger partial charge in [-0.3, -0.25) is 4.89 Å². The van der Waals surface area contributed by atoms with Crippen LogP contribution in [0.4, 0.5) is 0 Å². The van der Waals surface area contributed by atoms with Gasteiger partial charge in [-0.2, -0.15) is 0 Å². The zero-order valence-corrected chi connectivity index (χ0v) is 15.2. The average molecular weight is 368 g/mol. The summed E-state index contributed by atoms with van der Waals surface area (Å²) in [5, 5.41) is 0. The summed E-state index contributed by atoms with van der Waals surface area (Å²) in [6, 6.07) is 26.0. The first kappa shape index (κ1) is 18.2. The molecule has 0 amide bonds. The van der Waals surface area contributed by atoms with E-state index in [0.29, 0.717) is 5.75 Å². The predicted octanol–water partition coefficient (Wildman–Crippen LogP) is 5.42. The first-order chi connectivity index (χ1) is 12.6. The van der Waals surface area contributed by atoms with E-state index in [9.17, 15) is 9.46 Å². The molecule has 3 aromatic carbocycles. The summed E-state index contributed by atoms with van der Waals surface area (Å²) in [6.07, 6.45) is 3.00. The Labute approximate surface area is 153 Å². The van der Waals surface area contributed by atoms with Crippen molar-refractivity contribution in [3.8, 4) is 11.5 Å².